The summed E-state index contributed by atoms with van der Waals surface area (Å²) in [5.41, 5.74) is 1.74. The number of aromatic nitrogens is 3. The van der Waals surface area contributed by atoms with E-state index in [9.17, 15) is 14.3 Å². The summed E-state index contributed by atoms with van der Waals surface area (Å²) in [6.07, 6.45) is 2.58. The Labute approximate surface area is 143 Å². The van der Waals surface area contributed by atoms with Crippen molar-refractivity contribution in [2.75, 3.05) is 0 Å². The standard InChI is InChI=1S/C18H17FN4O2/c19-11-4-5-13-15(9-11)22-17(21-13)18(25)23-16(10-7-12(24)8-10)14-3-1-2-6-20-14/h1-6,9-10,12,16,24H,7-8H2,(H,21,22)(H,23,25). The molecule has 0 saturated heterocycles. The maximum Gasteiger partial charge on any atom is 0.287 e. The molecule has 7 heteroatoms. The molecule has 0 spiro atoms. The van der Waals surface area contributed by atoms with Crippen LogP contribution in [0.15, 0.2) is 42.6 Å². The van der Waals surface area contributed by atoms with Crippen LogP contribution in [-0.2, 0) is 0 Å². The maximum atomic E-state index is 13.3. The van der Waals surface area contributed by atoms with E-state index in [1.165, 1.54) is 18.2 Å². The third kappa shape index (κ3) is 3.10. The van der Waals surface area contributed by atoms with E-state index in [4.69, 9.17) is 0 Å². The van der Waals surface area contributed by atoms with E-state index < -0.39 is 5.82 Å². The fourth-order valence-electron chi connectivity index (χ4n) is 3.19. The fourth-order valence-corrected chi connectivity index (χ4v) is 3.19. The van der Waals surface area contributed by atoms with Crippen molar-refractivity contribution < 1.29 is 14.3 Å². The lowest BCUT2D eigenvalue weighted by atomic mass is 9.76. The van der Waals surface area contributed by atoms with Gasteiger partial charge in [-0.05, 0) is 49.1 Å². The molecule has 2 heterocycles. The zero-order valence-electron chi connectivity index (χ0n) is 13.3. The van der Waals surface area contributed by atoms with Crippen LogP contribution in [-0.4, -0.2) is 32.1 Å². The number of amides is 1. The number of nitrogens with zero attached hydrogens (tertiary/aromatic N) is 2. The first kappa shape index (κ1) is 15.7. The van der Waals surface area contributed by atoms with E-state index in [-0.39, 0.29) is 29.8 Å². The molecule has 1 saturated carbocycles. The topological polar surface area (TPSA) is 90.9 Å². The number of halogens is 1. The molecule has 1 fully saturated rings. The van der Waals surface area contributed by atoms with Crippen molar-refractivity contribution in [3.8, 4) is 0 Å². The Morgan fingerprint density at radius 3 is 2.88 bits per heavy atom. The highest BCUT2D eigenvalue weighted by atomic mass is 19.1. The number of hydrogen-bond acceptors (Lipinski definition) is 4. The van der Waals surface area contributed by atoms with Gasteiger partial charge in [0.05, 0.1) is 28.9 Å². The third-order valence-electron chi connectivity index (χ3n) is 4.57. The Bertz CT molecular complexity index is 906. The van der Waals surface area contributed by atoms with Gasteiger partial charge < -0.3 is 15.4 Å². The molecule has 3 N–H and O–H groups in total. The lowest BCUT2D eigenvalue weighted by Crippen LogP contribution is -2.42. The van der Waals surface area contributed by atoms with E-state index in [1.54, 1.807) is 6.20 Å². The molecule has 3 aromatic rings. The average molecular weight is 340 g/mol. The molecule has 1 aromatic carbocycles. The molecule has 1 aliphatic rings. The van der Waals surface area contributed by atoms with E-state index in [2.05, 4.69) is 20.3 Å². The zero-order chi connectivity index (χ0) is 17.4. The normalized spacial score (nSPS) is 20.9. The Morgan fingerprint density at radius 2 is 2.16 bits per heavy atom. The molecule has 2 aromatic heterocycles. The molecule has 1 aliphatic carbocycles. The number of fused-ring (bicyclic) bond motifs is 1. The van der Waals surface area contributed by atoms with Crippen LogP contribution in [0, 0.1) is 11.7 Å². The molecule has 128 valence electrons. The Kier molecular flexibility index (Phi) is 3.93. The Morgan fingerprint density at radius 1 is 1.32 bits per heavy atom. The average Bonchev–Trinajstić information content (AvgIpc) is 3.01. The number of carbonyl (C=O) groups excluding carboxylic acids is 1. The quantitative estimate of drug-likeness (QED) is 0.680. The monoisotopic (exact) mass is 340 g/mol. The van der Waals surface area contributed by atoms with Gasteiger partial charge in [0.2, 0.25) is 0 Å². The van der Waals surface area contributed by atoms with Crippen molar-refractivity contribution in [3.63, 3.8) is 0 Å². The lowest BCUT2D eigenvalue weighted by Gasteiger charge is -2.37. The third-order valence-corrected chi connectivity index (χ3v) is 4.57. The van der Waals surface area contributed by atoms with Crippen molar-refractivity contribution in [1.29, 1.82) is 0 Å². The minimum absolute atomic E-state index is 0.121. The molecule has 6 nitrogen and oxygen atoms in total. The smallest absolute Gasteiger partial charge is 0.287 e. The van der Waals surface area contributed by atoms with Gasteiger partial charge in [-0.3, -0.25) is 9.78 Å². The summed E-state index contributed by atoms with van der Waals surface area (Å²) >= 11 is 0. The first-order valence-electron chi connectivity index (χ1n) is 8.15. The first-order valence-corrected chi connectivity index (χ1v) is 8.15. The van der Waals surface area contributed by atoms with E-state index in [0.717, 1.165) is 5.69 Å². The lowest BCUT2D eigenvalue weighted by molar-refractivity contribution is 0.0227. The van der Waals surface area contributed by atoms with Gasteiger partial charge in [-0.1, -0.05) is 6.07 Å². The van der Waals surface area contributed by atoms with Crippen molar-refractivity contribution >= 4 is 16.9 Å². The molecule has 0 radical (unpaired) electrons. The van der Waals surface area contributed by atoms with Crippen LogP contribution in [0.1, 0.15) is 35.2 Å². The van der Waals surface area contributed by atoms with E-state index in [0.29, 0.717) is 23.9 Å². The summed E-state index contributed by atoms with van der Waals surface area (Å²) < 4.78 is 13.3. The van der Waals surface area contributed by atoms with Gasteiger partial charge in [0, 0.05) is 6.20 Å². The Balaban J connectivity index is 1.59. The zero-order valence-corrected chi connectivity index (χ0v) is 13.3. The minimum Gasteiger partial charge on any atom is -0.393 e. The molecule has 4 rings (SSSR count). The van der Waals surface area contributed by atoms with Crippen molar-refractivity contribution in [1.82, 2.24) is 20.3 Å². The van der Waals surface area contributed by atoms with Crippen LogP contribution in [0.5, 0.6) is 0 Å². The van der Waals surface area contributed by atoms with E-state index in [1.807, 2.05) is 18.2 Å². The summed E-state index contributed by atoms with van der Waals surface area (Å²) in [6, 6.07) is 9.35. The van der Waals surface area contributed by atoms with Gasteiger partial charge in [-0.15, -0.1) is 0 Å². The molecule has 0 bridgehead atoms. The van der Waals surface area contributed by atoms with Gasteiger partial charge in [-0.2, -0.15) is 0 Å². The van der Waals surface area contributed by atoms with Gasteiger partial charge >= 0.3 is 0 Å². The molecule has 1 atom stereocenters. The number of H-pyrrole nitrogens is 1. The van der Waals surface area contributed by atoms with Crippen LogP contribution in [0.2, 0.25) is 0 Å². The minimum atomic E-state index is -0.391. The number of benzene rings is 1. The van der Waals surface area contributed by atoms with Crippen LogP contribution in [0.4, 0.5) is 4.39 Å². The van der Waals surface area contributed by atoms with Gasteiger partial charge in [0.15, 0.2) is 5.82 Å². The highest BCUT2D eigenvalue weighted by molar-refractivity contribution is 5.94. The number of aliphatic hydroxyl groups excluding tert-OH is 1. The van der Waals surface area contributed by atoms with Crippen molar-refractivity contribution in [3.05, 3.63) is 59.9 Å². The summed E-state index contributed by atoms with van der Waals surface area (Å²) in [4.78, 5) is 24.0. The molecular weight excluding hydrogens is 323 g/mol. The van der Waals surface area contributed by atoms with Crippen LogP contribution in [0.3, 0.4) is 0 Å². The highest BCUT2D eigenvalue weighted by Gasteiger charge is 2.36. The second kappa shape index (κ2) is 6.25. The molecule has 25 heavy (non-hydrogen) atoms. The van der Waals surface area contributed by atoms with Gasteiger partial charge in [-0.25, -0.2) is 9.37 Å². The van der Waals surface area contributed by atoms with Crippen LogP contribution in [0.25, 0.3) is 11.0 Å². The SMILES string of the molecule is O=C(NC(c1ccccn1)C1CC(O)C1)c1nc2ccc(F)cc2[nH]1. The summed E-state index contributed by atoms with van der Waals surface area (Å²) in [5, 5.41) is 12.5. The number of nitrogens with one attached hydrogen (secondary N) is 2. The summed E-state index contributed by atoms with van der Waals surface area (Å²) in [7, 11) is 0. The van der Waals surface area contributed by atoms with Crippen molar-refractivity contribution in [2.24, 2.45) is 5.92 Å². The number of pyridine rings is 1. The Hall–Kier alpha value is -2.80. The van der Waals surface area contributed by atoms with Crippen LogP contribution < -0.4 is 5.32 Å². The second-order valence-electron chi connectivity index (χ2n) is 6.34. The fraction of sp³-hybridized carbons (Fsp3) is 0.278. The number of rotatable bonds is 4. The number of aliphatic hydroxyl groups is 1. The van der Waals surface area contributed by atoms with Crippen LogP contribution >= 0.6 is 0 Å². The van der Waals surface area contributed by atoms with Gasteiger partial charge in [0.1, 0.15) is 5.82 Å². The summed E-state index contributed by atoms with van der Waals surface area (Å²) in [6.45, 7) is 0. The second-order valence-corrected chi connectivity index (χ2v) is 6.34. The van der Waals surface area contributed by atoms with Crippen molar-refractivity contribution in [2.45, 2.75) is 25.0 Å². The molecule has 1 amide bonds. The summed E-state index contributed by atoms with van der Waals surface area (Å²) in [5.74, 6) is -0.524. The predicted octanol–water partition coefficient (Wildman–Crippen LogP) is 2.34. The van der Waals surface area contributed by atoms with Gasteiger partial charge in [0.25, 0.3) is 5.91 Å². The number of aromatic amines is 1. The maximum absolute atomic E-state index is 13.3. The first-order chi connectivity index (χ1) is 12.1. The predicted molar refractivity (Wildman–Crippen MR) is 89.2 cm³/mol. The molecular formula is C18H17FN4O2. The largest absolute Gasteiger partial charge is 0.393 e. The number of hydrogen-bond donors (Lipinski definition) is 3. The number of carbonyl (C=O) groups is 1. The van der Waals surface area contributed by atoms with E-state index >= 15 is 0 Å². The molecule has 1 unspecified atom stereocenters. The number of imidazole rings is 1. The molecule has 0 aliphatic heterocycles. The highest BCUT2D eigenvalue weighted by Crippen LogP contribution is 2.37.